The molecule has 88 valence electrons. The van der Waals surface area contributed by atoms with E-state index in [-0.39, 0.29) is 17.7 Å². The van der Waals surface area contributed by atoms with Crippen LogP contribution < -0.4 is 5.32 Å². The summed E-state index contributed by atoms with van der Waals surface area (Å²) < 4.78 is 0. The number of nitrogens with one attached hydrogen (secondary N) is 1. The first-order valence-corrected chi connectivity index (χ1v) is 5.59. The standard InChI is InChI=1S/C13H14N2O2/c1-9(16)15-13-5-4-11(17)7-12(13)10-3-2-6-14-8-10/h2-3,6-8,13H,4-5H2,1H3,(H,15,16). The number of amides is 1. The Kier molecular flexibility index (Phi) is 3.32. The first-order valence-electron chi connectivity index (χ1n) is 5.59. The maximum Gasteiger partial charge on any atom is 0.217 e. The molecule has 1 atom stereocenters. The largest absolute Gasteiger partial charge is 0.350 e. The number of ketones is 1. The maximum atomic E-state index is 11.5. The fourth-order valence-corrected chi connectivity index (χ4v) is 2.00. The summed E-state index contributed by atoms with van der Waals surface area (Å²) in [6.07, 6.45) is 6.14. The Morgan fingerprint density at radius 2 is 2.35 bits per heavy atom. The predicted molar refractivity (Wildman–Crippen MR) is 64.1 cm³/mol. The summed E-state index contributed by atoms with van der Waals surface area (Å²) in [5.74, 6) is 0.0181. The number of nitrogens with zero attached hydrogens (tertiary/aromatic N) is 1. The lowest BCUT2D eigenvalue weighted by Crippen LogP contribution is -2.36. The summed E-state index contributed by atoms with van der Waals surface area (Å²) in [6, 6.07) is 3.63. The molecule has 4 nitrogen and oxygen atoms in total. The second kappa shape index (κ2) is 4.91. The third kappa shape index (κ3) is 2.78. The molecule has 1 aliphatic rings. The van der Waals surface area contributed by atoms with Gasteiger partial charge in [-0.25, -0.2) is 0 Å². The van der Waals surface area contributed by atoms with Gasteiger partial charge >= 0.3 is 0 Å². The molecule has 0 saturated heterocycles. The third-order valence-electron chi connectivity index (χ3n) is 2.74. The van der Waals surface area contributed by atoms with Gasteiger partial charge in [0.2, 0.25) is 5.91 Å². The number of allylic oxidation sites excluding steroid dienone is 1. The normalized spacial score (nSPS) is 19.7. The highest BCUT2D eigenvalue weighted by Gasteiger charge is 2.23. The smallest absolute Gasteiger partial charge is 0.217 e. The molecule has 0 spiro atoms. The topological polar surface area (TPSA) is 59.1 Å². The molecule has 1 unspecified atom stereocenters. The zero-order chi connectivity index (χ0) is 12.3. The lowest BCUT2D eigenvalue weighted by molar-refractivity contribution is -0.120. The predicted octanol–water partition coefficient (Wildman–Crippen LogP) is 1.33. The van der Waals surface area contributed by atoms with Crippen LogP contribution in [0.5, 0.6) is 0 Å². The summed E-state index contributed by atoms with van der Waals surface area (Å²) in [4.78, 5) is 26.6. The molecule has 1 heterocycles. The Morgan fingerprint density at radius 1 is 1.53 bits per heavy atom. The van der Waals surface area contributed by atoms with Gasteiger partial charge < -0.3 is 5.32 Å². The van der Waals surface area contributed by atoms with Gasteiger partial charge in [0.25, 0.3) is 0 Å². The number of hydrogen-bond donors (Lipinski definition) is 1. The van der Waals surface area contributed by atoms with Crippen molar-refractivity contribution in [2.75, 3.05) is 0 Å². The molecule has 0 saturated carbocycles. The molecule has 4 heteroatoms. The Morgan fingerprint density at radius 3 is 3.00 bits per heavy atom. The van der Waals surface area contributed by atoms with Gasteiger partial charge in [-0.1, -0.05) is 6.07 Å². The van der Waals surface area contributed by atoms with E-state index in [9.17, 15) is 9.59 Å². The Bertz CT molecular complexity index is 466. The van der Waals surface area contributed by atoms with E-state index in [4.69, 9.17) is 0 Å². The van der Waals surface area contributed by atoms with E-state index >= 15 is 0 Å². The number of rotatable bonds is 2. The highest BCUT2D eigenvalue weighted by molar-refractivity contribution is 6.00. The Labute approximate surface area is 99.7 Å². The van der Waals surface area contributed by atoms with E-state index in [0.29, 0.717) is 12.8 Å². The van der Waals surface area contributed by atoms with Crippen molar-refractivity contribution in [1.29, 1.82) is 0 Å². The fourth-order valence-electron chi connectivity index (χ4n) is 2.00. The highest BCUT2D eigenvalue weighted by atomic mass is 16.1. The molecule has 1 aromatic heterocycles. The van der Waals surface area contributed by atoms with Crippen molar-refractivity contribution >= 4 is 17.3 Å². The molecular formula is C13H14N2O2. The van der Waals surface area contributed by atoms with Gasteiger partial charge in [0.05, 0.1) is 6.04 Å². The van der Waals surface area contributed by atoms with Crippen molar-refractivity contribution in [3.63, 3.8) is 0 Å². The highest BCUT2D eigenvalue weighted by Crippen LogP contribution is 2.25. The van der Waals surface area contributed by atoms with Crippen molar-refractivity contribution < 1.29 is 9.59 Å². The zero-order valence-corrected chi connectivity index (χ0v) is 9.64. The van der Waals surface area contributed by atoms with E-state index in [1.165, 1.54) is 6.92 Å². The summed E-state index contributed by atoms with van der Waals surface area (Å²) in [6.45, 7) is 1.48. The van der Waals surface area contributed by atoms with E-state index in [1.54, 1.807) is 18.5 Å². The lowest BCUT2D eigenvalue weighted by atomic mass is 9.89. The number of hydrogen-bond acceptors (Lipinski definition) is 3. The van der Waals surface area contributed by atoms with Crippen LogP contribution in [0.1, 0.15) is 25.3 Å². The Balaban J connectivity index is 2.32. The molecule has 17 heavy (non-hydrogen) atoms. The first kappa shape index (κ1) is 11.5. The Hall–Kier alpha value is -1.97. The molecule has 1 amide bonds. The molecule has 0 fully saturated rings. The average Bonchev–Trinajstić information content (AvgIpc) is 2.32. The van der Waals surface area contributed by atoms with Crippen molar-refractivity contribution in [2.45, 2.75) is 25.8 Å². The van der Waals surface area contributed by atoms with Crippen LogP contribution in [0.15, 0.2) is 30.6 Å². The maximum absolute atomic E-state index is 11.5. The third-order valence-corrected chi connectivity index (χ3v) is 2.74. The minimum Gasteiger partial charge on any atom is -0.350 e. The number of aromatic nitrogens is 1. The van der Waals surface area contributed by atoms with Gasteiger partial charge in [-0.3, -0.25) is 14.6 Å². The molecule has 1 aliphatic carbocycles. The second-order valence-electron chi connectivity index (χ2n) is 4.10. The van der Waals surface area contributed by atoms with Gasteiger partial charge in [0.15, 0.2) is 5.78 Å². The quantitative estimate of drug-likeness (QED) is 0.833. The van der Waals surface area contributed by atoms with Crippen LogP contribution in [0.4, 0.5) is 0 Å². The van der Waals surface area contributed by atoms with Crippen molar-refractivity contribution in [1.82, 2.24) is 10.3 Å². The summed E-state index contributed by atoms with van der Waals surface area (Å²) in [5, 5.41) is 2.86. The molecular weight excluding hydrogens is 216 g/mol. The van der Waals surface area contributed by atoms with Crippen molar-refractivity contribution in [2.24, 2.45) is 0 Å². The van der Waals surface area contributed by atoms with E-state index in [1.807, 2.05) is 12.1 Å². The molecule has 2 rings (SSSR count). The van der Waals surface area contributed by atoms with Gasteiger partial charge in [0.1, 0.15) is 0 Å². The van der Waals surface area contributed by atoms with Gasteiger partial charge in [-0.2, -0.15) is 0 Å². The van der Waals surface area contributed by atoms with Crippen molar-refractivity contribution in [3.8, 4) is 0 Å². The number of carbonyl (C=O) groups is 2. The van der Waals surface area contributed by atoms with Gasteiger partial charge in [-0.05, 0) is 29.7 Å². The van der Waals surface area contributed by atoms with Crippen LogP contribution >= 0.6 is 0 Å². The minimum atomic E-state index is -0.0885. The van der Waals surface area contributed by atoms with Gasteiger partial charge in [0, 0.05) is 25.7 Å². The number of pyridine rings is 1. The number of carbonyl (C=O) groups excluding carboxylic acids is 2. The summed E-state index contributed by atoms with van der Waals surface area (Å²) in [7, 11) is 0. The van der Waals surface area contributed by atoms with Crippen LogP contribution in [0.3, 0.4) is 0 Å². The van der Waals surface area contributed by atoms with Crippen LogP contribution in [-0.2, 0) is 9.59 Å². The van der Waals surface area contributed by atoms with Crippen LogP contribution in [0.25, 0.3) is 5.57 Å². The SMILES string of the molecule is CC(=O)NC1CCC(=O)C=C1c1cccnc1. The summed E-state index contributed by atoms with van der Waals surface area (Å²) >= 11 is 0. The zero-order valence-electron chi connectivity index (χ0n) is 9.64. The fraction of sp³-hybridized carbons (Fsp3) is 0.308. The second-order valence-corrected chi connectivity index (χ2v) is 4.10. The molecule has 0 aliphatic heterocycles. The van der Waals surface area contributed by atoms with Crippen LogP contribution in [0, 0.1) is 0 Å². The summed E-state index contributed by atoms with van der Waals surface area (Å²) in [5.41, 5.74) is 1.74. The lowest BCUT2D eigenvalue weighted by Gasteiger charge is -2.24. The first-order chi connectivity index (χ1) is 8.16. The van der Waals surface area contributed by atoms with Crippen LogP contribution in [0.2, 0.25) is 0 Å². The molecule has 0 aromatic carbocycles. The van der Waals surface area contributed by atoms with Crippen molar-refractivity contribution in [3.05, 3.63) is 36.2 Å². The minimum absolute atomic E-state index is 0.0841. The molecule has 1 aromatic rings. The van der Waals surface area contributed by atoms with E-state index < -0.39 is 0 Å². The van der Waals surface area contributed by atoms with E-state index in [2.05, 4.69) is 10.3 Å². The van der Waals surface area contributed by atoms with Crippen LogP contribution in [-0.4, -0.2) is 22.7 Å². The van der Waals surface area contributed by atoms with E-state index in [0.717, 1.165) is 11.1 Å². The molecule has 0 bridgehead atoms. The van der Waals surface area contributed by atoms with Gasteiger partial charge in [-0.15, -0.1) is 0 Å². The molecule has 1 N–H and O–H groups in total. The monoisotopic (exact) mass is 230 g/mol. The molecule has 0 radical (unpaired) electrons. The average molecular weight is 230 g/mol.